The van der Waals surface area contributed by atoms with Crippen LogP contribution in [0.25, 0.3) is 0 Å². The van der Waals surface area contributed by atoms with Crippen LogP contribution in [0.4, 0.5) is 4.79 Å². The quantitative estimate of drug-likeness (QED) is 0.549. The molecule has 1 fully saturated rings. The number of ether oxygens (including phenoxy) is 2. The molecule has 0 aromatic carbocycles. The van der Waals surface area contributed by atoms with Crippen LogP contribution in [0.2, 0.25) is 0 Å². The molecule has 1 unspecified atom stereocenters. The average molecular weight is 367 g/mol. The van der Waals surface area contributed by atoms with Gasteiger partial charge >= 0.3 is 6.09 Å². The number of carbonyl (C=O) groups excluding carboxylic acids is 1. The number of hydrogen-bond acceptors (Lipinski definition) is 7. The normalized spacial score (nSPS) is 17.5. The molecule has 1 saturated heterocycles. The number of aliphatic hydroxyl groups is 1. The van der Waals surface area contributed by atoms with Gasteiger partial charge in [0.1, 0.15) is 0 Å². The van der Waals surface area contributed by atoms with Gasteiger partial charge in [0.2, 0.25) is 10.0 Å². The minimum absolute atomic E-state index is 0.0799. The Morgan fingerprint density at radius 2 is 2.04 bits per heavy atom. The van der Waals surface area contributed by atoms with Gasteiger partial charge in [-0.3, -0.25) is 0 Å². The summed E-state index contributed by atoms with van der Waals surface area (Å²) >= 11 is 0. The molecule has 0 bridgehead atoms. The highest BCUT2D eigenvalue weighted by Gasteiger charge is 2.24. The molecule has 0 aliphatic carbocycles. The van der Waals surface area contributed by atoms with E-state index in [0.29, 0.717) is 39.3 Å². The van der Waals surface area contributed by atoms with Gasteiger partial charge in [0, 0.05) is 32.3 Å². The largest absolute Gasteiger partial charge is 0.448 e. The molecule has 24 heavy (non-hydrogen) atoms. The van der Waals surface area contributed by atoms with Crippen LogP contribution < -0.4 is 4.72 Å². The highest BCUT2D eigenvalue weighted by atomic mass is 32.2. The van der Waals surface area contributed by atoms with E-state index in [1.54, 1.807) is 5.01 Å². The average Bonchev–Trinajstić information content (AvgIpc) is 2.52. The van der Waals surface area contributed by atoms with E-state index in [2.05, 4.69) is 4.72 Å². The predicted molar refractivity (Wildman–Crippen MR) is 88.8 cm³/mol. The van der Waals surface area contributed by atoms with Gasteiger partial charge in [0.25, 0.3) is 0 Å². The molecule has 142 valence electrons. The summed E-state index contributed by atoms with van der Waals surface area (Å²) < 4.78 is 35.6. The van der Waals surface area contributed by atoms with E-state index >= 15 is 0 Å². The fraction of sp³-hybridized carbons (Fsp3) is 0.929. The molecule has 9 nitrogen and oxygen atoms in total. The van der Waals surface area contributed by atoms with E-state index in [4.69, 9.17) is 14.6 Å². The van der Waals surface area contributed by atoms with Crippen molar-refractivity contribution in [1.82, 2.24) is 14.7 Å². The Hall–Kier alpha value is -0.940. The molecule has 2 N–H and O–H groups in total. The maximum absolute atomic E-state index is 12.3. The first-order chi connectivity index (χ1) is 11.4. The van der Waals surface area contributed by atoms with Crippen molar-refractivity contribution in [1.29, 1.82) is 0 Å². The van der Waals surface area contributed by atoms with Crippen LogP contribution in [0, 0.1) is 0 Å². The highest BCUT2D eigenvalue weighted by molar-refractivity contribution is 7.88. The summed E-state index contributed by atoms with van der Waals surface area (Å²) in [7, 11) is -3.37. The summed E-state index contributed by atoms with van der Waals surface area (Å²) in [5.41, 5.74) is 0. The van der Waals surface area contributed by atoms with Crippen LogP contribution in [-0.2, 0) is 19.5 Å². The standard InChI is InChI=1S/C14H29N3O6S/c1-3-6-17(16-7-11-22-12-8-16)14(19)23-10-5-13(4-9-18)15-24(2,20)21/h13,15,18H,3-12H2,1-2H3. The zero-order valence-electron chi connectivity index (χ0n) is 14.4. The second-order valence-electron chi connectivity index (χ2n) is 5.69. The zero-order valence-corrected chi connectivity index (χ0v) is 15.3. The van der Waals surface area contributed by atoms with Gasteiger partial charge in [0.05, 0.1) is 26.1 Å². The molecule has 1 heterocycles. The number of hydrogen-bond donors (Lipinski definition) is 2. The van der Waals surface area contributed by atoms with Gasteiger partial charge in [-0.1, -0.05) is 6.92 Å². The number of rotatable bonds is 10. The molecule has 1 aliphatic heterocycles. The number of nitrogens with one attached hydrogen (secondary N) is 1. The molecule has 1 aliphatic rings. The monoisotopic (exact) mass is 367 g/mol. The van der Waals surface area contributed by atoms with E-state index in [0.717, 1.165) is 12.7 Å². The van der Waals surface area contributed by atoms with Gasteiger partial charge in [0.15, 0.2) is 0 Å². The van der Waals surface area contributed by atoms with Gasteiger partial charge in [-0.2, -0.15) is 0 Å². The zero-order chi connectivity index (χ0) is 18.0. The Kier molecular flexibility index (Phi) is 9.52. The fourth-order valence-corrected chi connectivity index (χ4v) is 3.28. The first-order valence-electron chi connectivity index (χ1n) is 8.22. The molecule has 0 spiro atoms. The van der Waals surface area contributed by atoms with E-state index in [1.165, 1.54) is 0 Å². The van der Waals surface area contributed by atoms with Crippen LogP contribution in [0.1, 0.15) is 26.2 Å². The number of hydrazine groups is 1. The topological polar surface area (TPSA) is 108 Å². The summed E-state index contributed by atoms with van der Waals surface area (Å²) in [6.45, 7) is 4.90. The summed E-state index contributed by atoms with van der Waals surface area (Å²) in [6, 6.07) is -0.458. The van der Waals surface area contributed by atoms with Crippen molar-refractivity contribution in [2.45, 2.75) is 32.2 Å². The van der Waals surface area contributed by atoms with Crippen LogP contribution in [0.3, 0.4) is 0 Å². The van der Waals surface area contributed by atoms with Crippen molar-refractivity contribution in [3.8, 4) is 0 Å². The van der Waals surface area contributed by atoms with Crippen molar-refractivity contribution in [2.75, 3.05) is 52.3 Å². The van der Waals surface area contributed by atoms with Gasteiger partial charge in [-0.25, -0.2) is 28.0 Å². The first kappa shape index (κ1) is 21.1. The maximum atomic E-state index is 12.3. The number of nitrogens with zero attached hydrogens (tertiary/aromatic N) is 2. The van der Waals surface area contributed by atoms with Gasteiger partial charge in [-0.15, -0.1) is 0 Å². The Labute approximate surface area is 143 Å². The Bertz CT molecular complexity index is 467. The minimum Gasteiger partial charge on any atom is -0.448 e. The van der Waals surface area contributed by atoms with E-state index < -0.39 is 22.2 Å². The lowest BCUT2D eigenvalue weighted by atomic mass is 10.2. The highest BCUT2D eigenvalue weighted by Crippen LogP contribution is 2.08. The molecular formula is C14H29N3O6S. The molecule has 0 saturated carbocycles. The third-order valence-electron chi connectivity index (χ3n) is 3.53. The molecule has 0 aromatic heterocycles. The van der Waals surface area contributed by atoms with Gasteiger partial charge in [-0.05, 0) is 19.3 Å². The third kappa shape index (κ3) is 8.25. The van der Waals surface area contributed by atoms with Crippen molar-refractivity contribution in [2.24, 2.45) is 0 Å². The molecule has 0 aromatic rings. The number of amides is 1. The first-order valence-corrected chi connectivity index (χ1v) is 10.1. The molecule has 0 radical (unpaired) electrons. The summed E-state index contributed by atoms with van der Waals surface area (Å²) in [4.78, 5) is 12.3. The number of aliphatic hydroxyl groups excluding tert-OH is 1. The second kappa shape index (κ2) is 10.8. The lowest BCUT2D eigenvalue weighted by Crippen LogP contribution is -2.52. The van der Waals surface area contributed by atoms with Crippen molar-refractivity contribution >= 4 is 16.1 Å². The molecule has 1 amide bonds. The van der Waals surface area contributed by atoms with Crippen molar-refractivity contribution < 1.29 is 27.8 Å². The Morgan fingerprint density at radius 3 is 2.58 bits per heavy atom. The Morgan fingerprint density at radius 1 is 1.38 bits per heavy atom. The maximum Gasteiger partial charge on any atom is 0.424 e. The van der Waals surface area contributed by atoms with Gasteiger partial charge < -0.3 is 14.6 Å². The smallest absolute Gasteiger partial charge is 0.424 e. The summed E-state index contributed by atoms with van der Waals surface area (Å²) in [5, 5.41) is 12.5. The minimum atomic E-state index is -3.37. The molecule has 1 rings (SSSR count). The van der Waals surface area contributed by atoms with E-state index in [-0.39, 0.29) is 19.6 Å². The Balaban J connectivity index is 2.48. The third-order valence-corrected chi connectivity index (χ3v) is 4.29. The van der Waals surface area contributed by atoms with Crippen molar-refractivity contribution in [3.05, 3.63) is 0 Å². The summed E-state index contributed by atoms with van der Waals surface area (Å²) in [5.74, 6) is 0. The van der Waals surface area contributed by atoms with Crippen LogP contribution in [0.5, 0.6) is 0 Å². The van der Waals surface area contributed by atoms with Crippen LogP contribution in [0.15, 0.2) is 0 Å². The van der Waals surface area contributed by atoms with Crippen LogP contribution in [-0.4, -0.2) is 88.0 Å². The van der Waals surface area contributed by atoms with E-state index in [1.807, 2.05) is 11.9 Å². The number of sulfonamides is 1. The number of morpholine rings is 1. The fourth-order valence-electron chi connectivity index (χ4n) is 2.44. The van der Waals surface area contributed by atoms with E-state index in [9.17, 15) is 13.2 Å². The SMILES string of the molecule is CCCN(C(=O)OCCC(CCO)NS(C)(=O)=O)N1CCOCC1. The lowest BCUT2D eigenvalue weighted by molar-refractivity contribution is -0.0796. The predicted octanol–water partition coefficient (Wildman–Crippen LogP) is -0.227. The summed E-state index contributed by atoms with van der Waals surface area (Å²) in [6.07, 6.45) is 2.00. The number of carbonyl (C=O) groups is 1. The molecular weight excluding hydrogens is 338 g/mol. The van der Waals surface area contributed by atoms with Crippen molar-refractivity contribution in [3.63, 3.8) is 0 Å². The second-order valence-corrected chi connectivity index (χ2v) is 7.47. The van der Waals surface area contributed by atoms with Crippen LogP contribution >= 0.6 is 0 Å². The molecule has 1 atom stereocenters. The molecule has 10 heteroatoms. The lowest BCUT2D eigenvalue weighted by Gasteiger charge is -2.36.